The average molecular weight is 351 g/mol. The summed E-state index contributed by atoms with van der Waals surface area (Å²) >= 11 is 1.05. The van der Waals surface area contributed by atoms with Gasteiger partial charge in [0.25, 0.3) is 0 Å². The van der Waals surface area contributed by atoms with Gasteiger partial charge in [-0.15, -0.1) is 5.10 Å². The van der Waals surface area contributed by atoms with Gasteiger partial charge in [-0.05, 0) is 25.1 Å². The molecular weight excluding hydrogens is 334 g/mol. The maximum atomic E-state index is 11.6. The number of benzene rings is 1. The van der Waals surface area contributed by atoms with E-state index in [-0.39, 0.29) is 17.5 Å². The SMILES string of the molecule is COc1ccc(/C(C)=N/N=C2/NC(=O)C(CC(=O)O)S2)cc1OC. The van der Waals surface area contributed by atoms with Crippen molar-refractivity contribution in [1.82, 2.24) is 5.32 Å². The second-order valence-corrected chi connectivity index (χ2v) is 6.05. The Kier molecular flexibility index (Phi) is 5.80. The Morgan fingerprint density at radius 2 is 2.04 bits per heavy atom. The van der Waals surface area contributed by atoms with E-state index < -0.39 is 11.2 Å². The molecule has 1 unspecified atom stereocenters. The van der Waals surface area contributed by atoms with Crippen molar-refractivity contribution >= 4 is 34.5 Å². The number of methoxy groups -OCH3 is 2. The van der Waals surface area contributed by atoms with Crippen molar-refractivity contribution in [2.45, 2.75) is 18.6 Å². The van der Waals surface area contributed by atoms with E-state index in [9.17, 15) is 9.59 Å². The van der Waals surface area contributed by atoms with E-state index in [1.807, 2.05) is 6.07 Å². The summed E-state index contributed by atoms with van der Waals surface area (Å²) in [6.45, 7) is 1.77. The topological polar surface area (TPSA) is 110 Å². The molecular formula is C15H17N3O5S. The normalized spacial score (nSPS) is 19.3. The highest BCUT2D eigenvalue weighted by atomic mass is 32.2. The van der Waals surface area contributed by atoms with Gasteiger partial charge >= 0.3 is 5.97 Å². The molecule has 0 bridgehead atoms. The Morgan fingerprint density at radius 1 is 1.33 bits per heavy atom. The summed E-state index contributed by atoms with van der Waals surface area (Å²) in [7, 11) is 3.10. The summed E-state index contributed by atoms with van der Waals surface area (Å²) in [6, 6.07) is 5.34. The minimum Gasteiger partial charge on any atom is -0.493 e. The second-order valence-electron chi connectivity index (χ2n) is 4.85. The van der Waals surface area contributed by atoms with Crippen molar-refractivity contribution in [3.63, 3.8) is 0 Å². The maximum absolute atomic E-state index is 11.6. The third-order valence-corrected chi connectivity index (χ3v) is 4.30. The van der Waals surface area contributed by atoms with E-state index in [2.05, 4.69) is 15.5 Å². The Bertz CT molecular complexity index is 717. The fourth-order valence-corrected chi connectivity index (χ4v) is 2.89. The molecule has 1 heterocycles. The smallest absolute Gasteiger partial charge is 0.305 e. The molecule has 0 saturated carbocycles. The number of hydrogen-bond donors (Lipinski definition) is 2. The van der Waals surface area contributed by atoms with Gasteiger partial charge in [0.1, 0.15) is 5.25 Å². The standard InChI is InChI=1S/C15H17N3O5S/c1-8(9-4-5-10(22-2)11(6-9)23-3)17-18-15-16-14(21)12(24-15)7-13(19)20/h4-6,12H,7H2,1-3H3,(H,19,20)(H,16,18,21)/b17-8+. The summed E-state index contributed by atoms with van der Waals surface area (Å²) in [6.07, 6.45) is -0.256. The van der Waals surface area contributed by atoms with Crippen LogP contribution in [-0.4, -0.2) is 47.3 Å². The lowest BCUT2D eigenvalue weighted by molar-refractivity contribution is -0.138. The molecule has 1 amide bonds. The number of amides is 1. The quantitative estimate of drug-likeness (QED) is 0.593. The minimum atomic E-state index is -1.03. The molecule has 24 heavy (non-hydrogen) atoms. The van der Waals surface area contributed by atoms with Crippen molar-refractivity contribution in [1.29, 1.82) is 0 Å². The summed E-state index contributed by atoms with van der Waals surface area (Å²) in [5.74, 6) is -0.230. The first-order chi connectivity index (χ1) is 11.4. The fourth-order valence-electron chi connectivity index (χ4n) is 1.98. The summed E-state index contributed by atoms with van der Waals surface area (Å²) < 4.78 is 10.4. The van der Waals surface area contributed by atoms with Gasteiger partial charge in [0, 0.05) is 5.56 Å². The molecule has 8 nitrogen and oxygen atoms in total. The predicted molar refractivity (Wildman–Crippen MR) is 91.0 cm³/mol. The molecule has 1 atom stereocenters. The lowest BCUT2D eigenvalue weighted by Gasteiger charge is -2.08. The first kappa shape index (κ1) is 17.8. The van der Waals surface area contributed by atoms with Crippen LogP contribution in [0.2, 0.25) is 0 Å². The maximum Gasteiger partial charge on any atom is 0.305 e. The summed E-state index contributed by atoms with van der Waals surface area (Å²) in [5, 5.41) is 18.9. The molecule has 128 valence electrons. The van der Waals surface area contributed by atoms with Gasteiger partial charge in [-0.1, -0.05) is 11.8 Å². The van der Waals surface area contributed by atoms with Crippen molar-refractivity contribution in [3.05, 3.63) is 23.8 Å². The van der Waals surface area contributed by atoms with E-state index in [1.54, 1.807) is 33.3 Å². The molecule has 1 aliphatic heterocycles. The van der Waals surface area contributed by atoms with Crippen LogP contribution in [0.15, 0.2) is 28.4 Å². The number of hydrogen-bond acceptors (Lipinski definition) is 7. The summed E-state index contributed by atoms with van der Waals surface area (Å²) in [4.78, 5) is 22.3. The number of carbonyl (C=O) groups is 2. The molecule has 9 heteroatoms. The average Bonchev–Trinajstić information content (AvgIpc) is 2.91. The van der Waals surface area contributed by atoms with E-state index in [0.29, 0.717) is 17.2 Å². The van der Waals surface area contributed by atoms with Crippen LogP contribution in [0.4, 0.5) is 0 Å². The third kappa shape index (κ3) is 4.25. The van der Waals surface area contributed by atoms with Crippen LogP contribution in [0.5, 0.6) is 11.5 Å². The van der Waals surface area contributed by atoms with Crippen molar-refractivity contribution in [3.8, 4) is 11.5 Å². The number of carbonyl (C=O) groups excluding carboxylic acids is 1. The molecule has 1 aromatic carbocycles. The third-order valence-electron chi connectivity index (χ3n) is 3.23. The number of carboxylic acid groups (broad SMARTS) is 1. The van der Waals surface area contributed by atoms with Gasteiger partial charge in [-0.2, -0.15) is 5.10 Å². The zero-order valence-electron chi connectivity index (χ0n) is 13.4. The van der Waals surface area contributed by atoms with Crippen LogP contribution in [0.25, 0.3) is 0 Å². The number of amidine groups is 1. The van der Waals surface area contributed by atoms with Gasteiger partial charge in [-0.25, -0.2) is 0 Å². The fraction of sp³-hybridized carbons (Fsp3) is 0.333. The Morgan fingerprint density at radius 3 is 2.67 bits per heavy atom. The van der Waals surface area contributed by atoms with Gasteiger partial charge < -0.3 is 19.9 Å². The van der Waals surface area contributed by atoms with Crippen LogP contribution in [0.1, 0.15) is 18.9 Å². The van der Waals surface area contributed by atoms with Crippen molar-refractivity contribution in [2.75, 3.05) is 14.2 Å². The van der Waals surface area contributed by atoms with E-state index >= 15 is 0 Å². The molecule has 0 aliphatic carbocycles. The summed E-state index contributed by atoms with van der Waals surface area (Å²) in [5.41, 5.74) is 1.40. The number of carboxylic acids is 1. The molecule has 2 N–H and O–H groups in total. The van der Waals surface area contributed by atoms with Gasteiger partial charge in [0.2, 0.25) is 5.91 Å². The van der Waals surface area contributed by atoms with Crippen LogP contribution >= 0.6 is 11.8 Å². The van der Waals surface area contributed by atoms with E-state index in [1.165, 1.54) is 0 Å². The molecule has 1 saturated heterocycles. The minimum absolute atomic E-state index is 0.256. The lowest BCUT2D eigenvalue weighted by atomic mass is 10.1. The first-order valence-corrected chi connectivity index (χ1v) is 7.86. The molecule has 0 radical (unpaired) electrons. The predicted octanol–water partition coefficient (Wildman–Crippen LogP) is 1.49. The Hall–Kier alpha value is -2.55. The number of aliphatic carboxylic acids is 1. The molecule has 1 aromatic rings. The van der Waals surface area contributed by atoms with Gasteiger partial charge in [0.05, 0.1) is 26.4 Å². The van der Waals surface area contributed by atoms with Crippen LogP contribution < -0.4 is 14.8 Å². The monoisotopic (exact) mass is 351 g/mol. The highest BCUT2D eigenvalue weighted by molar-refractivity contribution is 8.15. The zero-order chi connectivity index (χ0) is 17.7. The van der Waals surface area contributed by atoms with Crippen LogP contribution in [-0.2, 0) is 9.59 Å². The molecule has 1 aliphatic rings. The van der Waals surface area contributed by atoms with Gasteiger partial charge in [0.15, 0.2) is 16.7 Å². The van der Waals surface area contributed by atoms with Crippen molar-refractivity contribution in [2.24, 2.45) is 10.2 Å². The van der Waals surface area contributed by atoms with Gasteiger partial charge in [-0.3, -0.25) is 9.59 Å². The molecule has 2 rings (SSSR count). The second kappa shape index (κ2) is 7.82. The number of nitrogens with one attached hydrogen (secondary N) is 1. The molecule has 0 spiro atoms. The number of thioether (sulfide) groups is 1. The zero-order valence-corrected chi connectivity index (χ0v) is 14.2. The number of nitrogens with zero attached hydrogens (tertiary/aromatic N) is 2. The van der Waals surface area contributed by atoms with Crippen molar-refractivity contribution < 1.29 is 24.2 Å². The van der Waals surface area contributed by atoms with E-state index in [0.717, 1.165) is 17.3 Å². The highest BCUT2D eigenvalue weighted by Crippen LogP contribution is 2.28. The number of ether oxygens (including phenoxy) is 2. The van der Waals surface area contributed by atoms with Crippen LogP contribution in [0, 0.1) is 0 Å². The largest absolute Gasteiger partial charge is 0.493 e. The molecule has 1 fully saturated rings. The number of rotatable bonds is 6. The van der Waals surface area contributed by atoms with E-state index in [4.69, 9.17) is 14.6 Å². The highest BCUT2D eigenvalue weighted by Gasteiger charge is 2.32. The molecule has 0 aromatic heterocycles. The first-order valence-electron chi connectivity index (χ1n) is 6.98. The lowest BCUT2D eigenvalue weighted by Crippen LogP contribution is -2.26. The van der Waals surface area contributed by atoms with Crippen LogP contribution in [0.3, 0.4) is 0 Å². The Balaban J connectivity index is 2.14. The Labute approximate surface area is 142 Å².